The molecule has 0 unspecified atom stereocenters. The molecule has 1 saturated heterocycles. The van der Waals surface area contributed by atoms with Crippen LogP contribution < -0.4 is 0 Å². The number of benzene rings is 1. The third-order valence-electron chi connectivity index (χ3n) is 4.75. The highest BCUT2D eigenvalue weighted by Gasteiger charge is 2.31. The van der Waals surface area contributed by atoms with Gasteiger partial charge in [-0.1, -0.05) is 30.3 Å². The van der Waals surface area contributed by atoms with E-state index in [0.29, 0.717) is 29.6 Å². The highest BCUT2D eigenvalue weighted by Crippen LogP contribution is 2.27. The van der Waals surface area contributed by atoms with E-state index in [1.165, 1.54) is 11.8 Å². The van der Waals surface area contributed by atoms with Crippen molar-refractivity contribution < 1.29 is 8.42 Å². The molecule has 1 aliphatic rings. The molecule has 0 N–H and O–H groups in total. The van der Waals surface area contributed by atoms with Crippen molar-refractivity contribution in [1.82, 2.24) is 14.1 Å². The van der Waals surface area contributed by atoms with Gasteiger partial charge in [0.1, 0.15) is 4.90 Å². The smallest absolute Gasteiger partial charge is 0.246 e. The van der Waals surface area contributed by atoms with E-state index in [1.54, 1.807) is 23.0 Å². The molecule has 0 bridgehead atoms. The lowest BCUT2D eigenvalue weighted by Crippen LogP contribution is -2.39. The predicted molar refractivity (Wildman–Crippen MR) is 89.6 cm³/mol. The van der Waals surface area contributed by atoms with Crippen LogP contribution in [0.1, 0.15) is 24.1 Å². The fraction of sp³-hybridized carbons (Fsp3) is 0.471. The Kier molecular flexibility index (Phi) is 4.55. The quantitative estimate of drug-likeness (QED) is 0.863. The lowest BCUT2D eigenvalue weighted by molar-refractivity contribution is 0.272. The molecular weight excluding hydrogens is 310 g/mol. The van der Waals surface area contributed by atoms with E-state index in [4.69, 9.17) is 0 Å². The van der Waals surface area contributed by atoms with Gasteiger partial charge in [-0.2, -0.15) is 9.40 Å². The van der Waals surface area contributed by atoms with Crippen molar-refractivity contribution in [1.29, 1.82) is 0 Å². The maximum absolute atomic E-state index is 12.8. The van der Waals surface area contributed by atoms with Gasteiger partial charge in [0.15, 0.2) is 0 Å². The molecule has 1 aliphatic heterocycles. The van der Waals surface area contributed by atoms with Crippen LogP contribution in [0.2, 0.25) is 0 Å². The summed E-state index contributed by atoms with van der Waals surface area (Å²) in [6, 6.07) is 10.4. The highest BCUT2D eigenvalue weighted by atomic mass is 32.2. The molecule has 0 spiro atoms. The summed E-state index contributed by atoms with van der Waals surface area (Å²) in [6.45, 7) is 2.98. The van der Waals surface area contributed by atoms with E-state index < -0.39 is 10.0 Å². The molecule has 3 rings (SSSR count). The first kappa shape index (κ1) is 16.2. The number of nitrogens with zero attached hydrogens (tertiary/aromatic N) is 3. The van der Waals surface area contributed by atoms with Gasteiger partial charge in [-0.05, 0) is 37.7 Å². The highest BCUT2D eigenvalue weighted by molar-refractivity contribution is 7.89. The number of sulfonamides is 1. The first-order valence-corrected chi connectivity index (χ1v) is 9.45. The largest absolute Gasteiger partial charge is 0.272 e. The van der Waals surface area contributed by atoms with Crippen LogP contribution in [0.3, 0.4) is 0 Å². The Morgan fingerprint density at radius 2 is 1.83 bits per heavy atom. The molecule has 0 amide bonds. The van der Waals surface area contributed by atoms with Crippen LogP contribution in [-0.4, -0.2) is 35.6 Å². The Labute approximate surface area is 138 Å². The van der Waals surface area contributed by atoms with E-state index in [9.17, 15) is 8.42 Å². The molecule has 1 aromatic heterocycles. The third-order valence-corrected chi connectivity index (χ3v) is 6.75. The summed E-state index contributed by atoms with van der Waals surface area (Å²) in [4.78, 5) is 0.335. The van der Waals surface area contributed by atoms with Crippen LogP contribution in [0, 0.1) is 12.8 Å². The van der Waals surface area contributed by atoms with Gasteiger partial charge >= 0.3 is 0 Å². The van der Waals surface area contributed by atoms with Crippen molar-refractivity contribution in [3.8, 4) is 0 Å². The molecule has 0 atom stereocenters. The fourth-order valence-electron chi connectivity index (χ4n) is 3.17. The molecule has 0 saturated carbocycles. The average molecular weight is 333 g/mol. The number of hydrogen-bond donors (Lipinski definition) is 0. The van der Waals surface area contributed by atoms with Crippen LogP contribution in [-0.2, 0) is 23.5 Å². The molecule has 0 aliphatic carbocycles. The van der Waals surface area contributed by atoms with Gasteiger partial charge in [0.05, 0.1) is 11.9 Å². The average Bonchev–Trinajstić information content (AvgIpc) is 2.89. The van der Waals surface area contributed by atoms with Crippen LogP contribution in [0.25, 0.3) is 0 Å². The second-order valence-corrected chi connectivity index (χ2v) is 8.16. The lowest BCUT2D eigenvalue weighted by atomic mass is 9.91. The maximum Gasteiger partial charge on any atom is 0.246 e. The summed E-state index contributed by atoms with van der Waals surface area (Å²) in [5, 5.41) is 4.06. The minimum atomic E-state index is -3.42. The third kappa shape index (κ3) is 3.33. The zero-order valence-electron chi connectivity index (χ0n) is 13.6. The molecule has 23 heavy (non-hydrogen) atoms. The first-order valence-electron chi connectivity index (χ1n) is 8.01. The number of aromatic nitrogens is 2. The van der Waals surface area contributed by atoms with Crippen molar-refractivity contribution in [2.45, 2.75) is 31.1 Å². The van der Waals surface area contributed by atoms with Gasteiger partial charge < -0.3 is 0 Å². The van der Waals surface area contributed by atoms with Gasteiger partial charge in [0, 0.05) is 20.1 Å². The molecule has 1 fully saturated rings. The number of piperidine rings is 1. The van der Waals surface area contributed by atoms with Crippen molar-refractivity contribution in [3.63, 3.8) is 0 Å². The minimum Gasteiger partial charge on any atom is -0.272 e. The van der Waals surface area contributed by atoms with Gasteiger partial charge in [-0.15, -0.1) is 0 Å². The Balaban J connectivity index is 1.65. The molecule has 5 nitrogen and oxygen atoms in total. The molecule has 2 heterocycles. The van der Waals surface area contributed by atoms with E-state index in [1.807, 2.05) is 6.07 Å². The molecule has 1 aromatic carbocycles. The Bertz CT molecular complexity index is 760. The second kappa shape index (κ2) is 6.45. The van der Waals surface area contributed by atoms with Crippen molar-refractivity contribution in [3.05, 3.63) is 47.8 Å². The minimum absolute atomic E-state index is 0.335. The van der Waals surface area contributed by atoms with E-state index >= 15 is 0 Å². The number of aryl methyl sites for hydroxylation is 1. The van der Waals surface area contributed by atoms with Gasteiger partial charge in [-0.3, -0.25) is 4.68 Å². The van der Waals surface area contributed by atoms with Crippen molar-refractivity contribution in [2.75, 3.05) is 13.1 Å². The normalized spacial score (nSPS) is 17.5. The SMILES string of the molecule is Cc1c(S(=O)(=O)N2CCC(Cc3ccccc3)CC2)cnn1C. The predicted octanol–water partition coefficient (Wildman–Crippen LogP) is 2.37. The van der Waals surface area contributed by atoms with Crippen molar-refractivity contribution >= 4 is 10.0 Å². The molecular formula is C17H23N3O2S. The van der Waals surface area contributed by atoms with E-state index in [-0.39, 0.29) is 0 Å². The topological polar surface area (TPSA) is 55.2 Å². The Hall–Kier alpha value is -1.66. The summed E-state index contributed by atoms with van der Waals surface area (Å²) in [5.41, 5.74) is 2.02. The number of rotatable bonds is 4. The fourth-order valence-corrected chi connectivity index (χ4v) is 4.83. The van der Waals surface area contributed by atoms with Crippen LogP contribution in [0.4, 0.5) is 0 Å². The Morgan fingerprint density at radius 1 is 1.17 bits per heavy atom. The summed E-state index contributed by atoms with van der Waals surface area (Å²) in [6.07, 6.45) is 4.31. The van der Waals surface area contributed by atoms with Crippen LogP contribution in [0.15, 0.2) is 41.4 Å². The van der Waals surface area contributed by atoms with Crippen molar-refractivity contribution in [2.24, 2.45) is 13.0 Å². The monoisotopic (exact) mass is 333 g/mol. The van der Waals surface area contributed by atoms with Gasteiger partial charge in [0.25, 0.3) is 0 Å². The first-order chi connectivity index (χ1) is 11.0. The van der Waals surface area contributed by atoms with Crippen LogP contribution >= 0.6 is 0 Å². The van der Waals surface area contributed by atoms with Gasteiger partial charge in [-0.25, -0.2) is 8.42 Å². The Morgan fingerprint density at radius 3 is 2.39 bits per heavy atom. The molecule has 0 radical (unpaired) electrons. The van der Waals surface area contributed by atoms with Crippen LogP contribution in [0.5, 0.6) is 0 Å². The second-order valence-electron chi connectivity index (χ2n) is 6.26. The van der Waals surface area contributed by atoms with E-state index in [2.05, 4.69) is 29.4 Å². The molecule has 2 aromatic rings. The number of hydrogen-bond acceptors (Lipinski definition) is 3. The zero-order valence-corrected chi connectivity index (χ0v) is 14.5. The summed E-state index contributed by atoms with van der Waals surface area (Å²) >= 11 is 0. The molecule has 124 valence electrons. The summed E-state index contributed by atoms with van der Waals surface area (Å²) in [5.74, 6) is 0.554. The lowest BCUT2D eigenvalue weighted by Gasteiger charge is -2.31. The van der Waals surface area contributed by atoms with Gasteiger partial charge in [0.2, 0.25) is 10.0 Å². The standard InChI is InChI=1S/C17H23N3O2S/c1-14-17(13-18-19(14)2)23(21,22)20-10-8-16(9-11-20)12-15-6-4-3-5-7-15/h3-7,13,16H,8-12H2,1-2H3. The molecule has 6 heteroatoms. The summed E-state index contributed by atoms with van der Waals surface area (Å²) < 4.78 is 28.7. The zero-order chi connectivity index (χ0) is 16.4. The maximum atomic E-state index is 12.8. The van der Waals surface area contributed by atoms with E-state index in [0.717, 1.165) is 19.3 Å². The summed E-state index contributed by atoms with van der Waals surface area (Å²) in [7, 11) is -1.65.